The van der Waals surface area contributed by atoms with Gasteiger partial charge in [0.25, 0.3) is 0 Å². The second-order valence-electron chi connectivity index (χ2n) is 6.32. The molecule has 4 aromatic rings. The molecule has 27 heavy (non-hydrogen) atoms. The Kier molecular flexibility index (Phi) is 5.23. The van der Waals surface area contributed by atoms with E-state index in [0.717, 1.165) is 11.1 Å². The van der Waals surface area contributed by atoms with Crippen molar-refractivity contribution in [1.29, 1.82) is 0 Å². The Morgan fingerprint density at radius 1 is 0.481 bits per heavy atom. The molecule has 0 aliphatic heterocycles. The quantitative estimate of drug-likeness (QED) is 0.329. The molecule has 0 aliphatic rings. The average Bonchev–Trinajstić information content (AvgIpc) is 2.75. The monoisotopic (exact) mass is 438 g/mol. The van der Waals surface area contributed by atoms with E-state index < -0.39 is 12.4 Å². The van der Waals surface area contributed by atoms with Crippen LogP contribution in [0.2, 0.25) is 0 Å². The van der Waals surface area contributed by atoms with Crippen molar-refractivity contribution in [3.8, 4) is 11.1 Å². The summed E-state index contributed by atoms with van der Waals surface area (Å²) in [5.74, 6) is -0.208. The van der Waals surface area contributed by atoms with Gasteiger partial charge >= 0.3 is 164 Å². The molecule has 3 heteroatoms. The molecule has 0 fully saturated rings. The van der Waals surface area contributed by atoms with E-state index >= 15 is 0 Å². The van der Waals surface area contributed by atoms with Crippen molar-refractivity contribution in [2.75, 3.05) is 0 Å². The molecular formula is C24H20FPSe. The van der Waals surface area contributed by atoms with E-state index in [-0.39, 0.29) is 5.82 Å². The fourth-order valence-electron chi connectivity index (χ4n) is 3.18. The summed E-state index contributed by atoms with van der Waals surface area (Å²) in [5, 5.41) is 0. The van der Waals surface area contributed by atoms with Crippen LogP contribution in [0.25, 0.3) is 11.1 Å². The fourth-order valence-corrected chi connectivity index (χ4v) is 11.0. The molecular weight excluding hydrogens is 417 g/mol. The normalized spacial score (nSPS) is 11.9. The summed E-state index contributed by atoms with van der Waals surface area (Å²) in [6, 6.07) is 36.9. The van der Waals surface area contributed by atoms with E-state index in [2.05, 4.69) is 92.9 Å². The van der Waals surface area contributed by atoms with Gasteiger partial charge in [-0.3, -0.25) is 0 Å². The van der Waals surface area contributed by atoms with Crippen LogP contribution in [0.5, 0.6) is 0 Å². The molecule has 1 unspecified atom stereocenters. The van der Waals surface area contributed by atoms with Crippen LogP contribution in [0.4, 0.5) is 4.39 Å². The Morgan fingerprint density at radius 2 is 0.852 bits per heavy atom. The zero-order chi connectivity index (χ0) is 18.7. The van der Waals surface area contributed by atoms with Gasteiger partial charge in [-0.25, -0.2) is 0 Å². The van der Waals surface area contributed by atoms with Gasteiger partial charge in [-0.2, -0.15) is 0 Å². The molecule has 134 valence electrons. The van der Waals surface area contributed by atoms with Crippen LogP contribution in [0.15, 0.2) is 109 Å². The van der Waals surface area contributed by atoms with Gasteiger partial charge in [0.05, 0.1) is 0 Å². The van der Waals surface area contributed by atoms with Gasteiger partial charge in [-0.05, 0) is 0 Å². The zero-order valence-electron chi connectivity index (χ0n) is 14.8. The van der Waals surface area contributed by atoms with Crippen molar-refractivity contribution in [1.82, 2.24) is 0 Å². The second kappa shape index (κ2) is 7.79. The first-order valence-corrected chi connectivity index (χ1v) is 14.8. The summed E-state index contributed by atoms with van der Waals surface area (Å²) in [7, 11) is 3.22. The van der Waals surface area contributed by atoms with Crippen LogP contribution in [0, 0.1) is 5.82 Å². The molecule has 0 aliphatic carbocycles. The third-order valence-electron chi connectivity index (χ3n) is 4.63. The van der Waals surface area contributed by atoms with Crippen molar-refractivity contribution in [3.63, 3.8) is 0 Å². The molecule has 0 amide bonds. The van der Waals surface area contributed by atoms with Crippen molar-refractivity contribution in [2.24, 2.45) is 0 Å². The van der Waals surface area contributed by atoms with Gasteiger partial charge in [-0.1, -0.05) is 0 Å². The first-order chi connectivity index (χ1) is 13.2. The number of benzene rings is 4. The van der Waals surface area contributed by atoms with E-state index in [1.807, 2.05) is 12.1 Å². The van der Waals surface area contributed by atoms with Gasteiger partial charge < -0.3 is 0 Å². The van der Waals surface area contributed by atoms with Crippen molar-refractivity contribution in [2.45, 2.75) is 0 Å². The van der Waals surface area contributed by atoms with Crippen LogP contribution in [-0.4, -0.2) is 12.4 Å². The minimum atomic E-state index is -2.38. The number of halogens is 1. The Bertz CT molecular complexity index is 974. The Balaban J connectivity index is 1.80. The van der Waals surface area contributed by atoms with E-state index in [1.165, 1.54) is 25.5 Å². The van der Waals surface area contributed by atoms with Crippen LogP contribution >= 0.6 is 7.93 Å². The van der Waals surface area contributed by atoms with Crippen molar-refractivity contribution in [3.05, 3.63) is 115 Å². The minimum absolute atomic E-state index is 0.208. The third-order valence-corrected chi connectivity index (χ3v) is 15.3. The standard InChI is InChI=1S/C24H20FPSe/c25-21-15-11-19(12-16-21)20-13-17-24(18-14-20)27(26,22-7-3-1-4-8-22)23-9-5-2-6-10-23/h1-18H,26H2. The summed E-state index contributed by atoms with van der Waals surface area (Å²) in [4.78, 5) is 0. The first kappa shape index (κ1) is 18.1. The maximum absolute atomic E-state index is 13.2. The van der Waals surface area contributed by atoms with E-state index in [0.29, 0.717) is 0 Å². The van der Waals surface area contributed by atoms with Gasteiger partial charge in [0.1, 0.15) is 0 Å². The Morgan fingerprint density at radius 3 is 1.30 bits per heavy atom. The predicted octanol–water partition coefficient (Wildman–Crippen LogP) is 4.33. The molecule has 0 nitrogen and oxygen atoms in total. The SMILES string of the molecule is Fc1ccc(-c2ccc([Se](P)(c3ccccc3)c3ccccc3)cc2)cc1. The number of hydrogen-bond donors (Lipinski definition) is 0. The summed E-state index contributed by atoms with van der Waals surface area (Å²) >= 11 is -2.38. The topological polar surface area (TPSA) is 0 Å². The fraction of sp³-hybridized carbons (Fsp3) is 0. The average molecular weight is 437 g/mol. The Labute approximate surface area is 164 Å². The number of rotatable bonds is 4. The van der Waals surface area contributed by atoms with Crippen LogP contribution < -0.4 is 13.4 Å². The van der Waals surface area contributed by atoms with Gasteiger partial charge in [-0.15, -0.1) is 0 Å². The maximum atomic E-state index is 13.2. The summed E-state index contributed by atoms with van der Waals surface area (Å²) in [6.45, 7) is 0. The Hall–Kier alpha value is -2.24. The summed E-state index contributed by atoms with van der Waals surface area (Å²) in [6.07, 6.45) is 0. The van der Waals surface area contributed by atoms with Gasteiger partial charge in [0.2, 0.25) is 0 Å². The number of hydrogen-bond acceptors (Lipinski definition) is 0. The molecule has 0 N–H and O–H groups in total. The van der Waals surface area contributed by atoms with Crippen LogP contribution in [0.1, 0.15) is 0 Å². The molecule has 0 spiro atoms. The molecule has 0 aromatic heterocycles. The van der Waals surface area contributed by atoms with Crippen molar-refractivity contribution >= 4 is 33.7 Å². The molecule has 0 saturated heterocycles. The molecule has 1 atom stereocenters. The van der Waals surface area contributed by atoms with E-state index in [1.54, 1.807) is 0 Å². The second-order valence-corrected chi connectivity index (χ2v) is 15.7. The van der Waals surface area contributed by atoms with E-state index in [9.17, 15) is 4.39 Å². The molecule has 0 radical (unpaired) electrons. The first-order valence-electron chi connectivity index (χ1n) is 8.75. The zero-order valence-corrected chi connectivity index (χ0v) is 17.6. The predicted molar refractivity (Wildman–Crippen MR) is 119 cm³/mol. The molecule has 0 bridgehead atoms. The summed E-state index contributed by atoms with van der Waals surface area (Å²) < 4.78 is 17.3. The summed E-state index contributed by atoms with van der Waals surface area (Å²) in [5.41, 5.74) is 2.13. The molecule has 0 saturated carbocycles. The molecule has 4 aromatic carbocycles. The van der Waals surface area contributed by atoms with Gasteiger partial charge in [0, 0.05) is 0 Å². The molecule has 4 rings (SSSR count). The van der Waals surface area contributed by atoms with Crippen LogP contribution in [0.3, 0.4) is 0 Å². The van der Waals surface area contributed by atoms with Crippen LogP contribution in [-0.2, 0) is 0 Å². The molecule has 0 heterocycles. The van der Waals surface area contributed by atoms with E-state index in [4.69, 9.17) is 0 Å². The third kappa shape index (κ3) is 3.62. The van der Waals surface area contributed by atoms with Crippen molar-refractivity contribution < 1.29 is 4.39 Å². The van der Waals surface area contributed by atoms with Gasteiger partial charge in [0.15, 0.2) is 0 Å².